The molecule has 1 aromatic rings. The van der Waals surface area contributed by atoms with Gasteiger partial charge < -0.3 is 5.11 Å². The van der Waals surface area contributed by atoms with E-state index in [2.05, 4.69) is 0 Å². The number of aliphatic carboxylic acids is 1. The van der Waals surface area contributed by atoms with Crippen molar-refractivity contribution in [3.05, 3.63) is 35.4 Å². The van der Waals surface area contributed by atoms with E-state index in [-0.39, 0.29) is 5.41 Å². The largest absolute Gasteiger partial charge is 0.481 e. The van der Waals surface area contributed by atoms with Crippen molar-refractivity contribution in [3.63, 3.8) is 0 Å². The molecule has 0 radical (unpaired) electrons. The maximum atomic E-state index is 11.4. The molecule has 82 valence electrons. The Morgan fingerprint density at radius 3 is 2.56 bits per heavy atom. The highest BCUT2D eigenvalue weighted by atomic mass is 16.4. The lowest BCUT2D eigenvalue weighted by molar-refractivity contribution is -0.141. The minimum atomic E-state index is -0.806. The molecule has 0 heterocycles. The lowest BCUT2D eigenvalue weighted by Crippen LogP contribution is -2.25. The van der Waals surface area contributed by atoms with Crippen molar-refractivity contribution in [2.75, 3.05) is 0 Å². The van der Waals surface area contributed by atoms with E-state index in [1.54, 1.807) is 24.3 Å². The van der Waals surface area contributed by atoms with Crippen molar-refractivity contribution in [2.45, 2.75) is 25.7 Å². The summed E-state index contributed by atoms with van der Waals surface area (Å²) in [7, 11) is 0. The molecular weight excluding hydrogens is 202 g/mol. The summed E-state index contributed by atoms with van der Waals surface area (Å²) < 4.78 is 0. The van der Waals surface area contributed by atoms with Gasteiger partial charge in [-0.1, -0.05) is 26.0 Å². The van der Waals surface area contributed by atoms with Gasteiger partial charge in [0.05, 0.1) is 17.0 Å². The Morgan fingerprint density at radius 2 is 2.12 bits per heavy atom. The zero-order chi connectivity index (χ0) is 12.0. The third-order valence-electron chi connectivity index (χ3n) is 3.59. The first-order chi connectivity index (χ1) is 7.44. The highest BCUT2D eigenvalue weighted by Crippen LogP contribution is 2.64. The lowest BCUT2D eigenvalue weighted by Gasteiger charge is -2.16. The zero-order valence-electron chi connectivity index (χ0n) is 9.32. The predicted octanol–water partition coefficient (Wildman–Crippen LogP) is 2.31. The molecule has 3 heteroatoms. The van der Waals surface area contributed by atoms with Crippen LogP contribution < -0.4 is 0 Å². The maximum absolute atomic E-state index is 11.4. The first-order valence-corrected chi connectivity index (χ1v) is 5.18. The summed E-state index contributed by atoms with van der Waals surface area (Å²) in [5.41, 5.74) is 0.220. The van der Waals surface area contributed by atoms with Crippen molar-refractivity contribution in [1.29, 1.82) is 5.26 Å². The van der Waals surface area contributed by atoms with Crippen LogP contribution in [0.3, 0.4) is 0 Å². The van der Waals surface area contributed by atoms with Crippen LogP contribution in [-0.4, -0.2) is 11.1 Å². The van der Waals surface area contributed by atoms with Crippen LogP contribution in [-0.2, 0) is 10.2 Å². The predicted molar refractivity (Wildman–Crippen MR) is 58.9 cm³/mol. The van der Waals surface area contributed by atoms with E-state index >= 15 is 0 Å². The smallest absolute Gasteiger partial charge is 0.314 e. The van der Waals surface area contributed by atoms with Crippen molar-refractivity contribution >= 4 is 5.97 Å². The van der Waals surface area contributed by atoms with Crippen LogP contribution in [0.4, 0.5) is 0 Å². The van der Waals surface area contributed by atoms with Crippen LogP contribution in [0.1, 0.15) is 31.4 Å². The van der Waals surface area contributed by atoms with Gasteiger partial charge in [-0.2, -0.15) is 5.26 Å². The summed E-state index contributed by atoms with van der Waals surface area (Å²) in [6.45, 7) is 3.89. The molecule has 1 saturated carbocycles. The quantitative estimate of drug-likeness (QED) is 0.823. The summed E-state index contributed by atoms with van der Waals surface area (Å²) in [5, 5.41) is 18.2. The number of carbonyl (C=O) groups is 1. The number of hydrogen-bond donors (Lipinski definition) is 1. The fourth-order valence-electron chi connectivity index (χ4n) is 2.45. The average molecular weight is 215 g/mol. The van der Waals surface area contributed by atoms with Gasteiger partial charge in [-0.05, 0) is 29.5 Å². The number of benzene rings is 1. The Labute approximate surface area is 94.3 Å². The van der Waals surface area contributed by atoms with E-state index in [0.29, 0.717) is 12.0 Å². The van der Waals surface area contributed by atoms with Gasteiger partial charge in [0.15, 0.2) is 0 Å². The van der Waals surface area contributed by atoms with E-state index in [4.69, 9.17) is 5.26 Å². The lowest BCUT2D eigenvalue weighted by atomic mass is 9.87. The molecule has 1 fully saturated rings. The van der Waals surface area contributed by atoms with E-state index in [1.165, 1.54) is 0 Å². The molecule has 0 aliphatic heterocycles. The number of carboxylic acids is 1. The second kappa shape index (κ2) is 3.08. The molecule has 1 aliphatic rings. The minimum absolute atomic E-state index is 0.229. The summed E-state index contributed by atoms with van der Waals surface area (Å²) >= 11 is 0. The van der Waals surface area contributed by atoms with Gasteiger partial charge >= 0.3 is 5.97 Å². The monoisotopic (exact) mass is 215 g/mol. The van der Waals surface area contributed by atoms with Gasteiger partial charge in [0.2, 0.25) is 0 Å². The molecule has 0 amide bonds. The van der Waals surface area contributed by atoms with Crippen molar-refractivity contribution < 1.29 is 9.90 Å². The molecule has 1 unspecified atom stereocenters. The third kappa shape index (κ3) is 1.23. The second-order valence-electron chi connectivity index (χ2n) is 4.96. The van der Waals surface area contributed by atoms with Gasteiger partial charge in [0.1, 0.15) is 0 Å². The average Bonchev–Trinajstić information content (AvgIpc) is 2.83. The molecule has 2 rings (SSSR count). The first kappa shape index (κ1) is 10.7. The molecule has 0 spiro atoms. The second-order valence-corrected chi connectivity index (χ2v) is 4.96. The van der Waals surface area contributed by atoms with E-state index in [9.17, 15) is 9.90 Å². The Kier molecular flexibility index (Phi) is 2.06. The standard InChI is InChI=1S/C13H13NO2/c1-12(2)8-13(12,11(15)16)10-5-3-4-9(6-10)7-14/h3-6H,8H2,1-2H3,(H,15,16). The molecule has 1 N–H and O–H groups in total. The summed E-state index contributed by atoms with van der Waals surface area (Å²) in [5.74, 6) is -0.799. The molecule has 0 bridgehead atoms. The van der Waals surface area contributed by atoms with Crippen LogP contribution in [0, 0.1) is 16.7 Å². The van der Waals surface area contributed by atoms with Gasteiger partial charge in [0.25, 0.3) is 0 Å². The summed E-state index contributed by atoms with van der Waals surface area (Å²) in [4.78, 5) is 11.4. The van der Waals surface area contributed by atoms with Crippen LogP contribution in [0.2, 0.25) is 0 Å². The molecule has 1 aliphatic carbocycles. The highest BCUT2D eigenvalue weighted by Gasteiger charge is 2.67. The SMILES string of the molecule is CC1(C)CC1(C(=O)O)c1cccc(C#N)c1. The fraction of sp³-hybridized carbons (Fsp3) is 0.385. The van der Waals surface area contributed by atoms with Crippen LogP contribution in [0.5, 0.6) is 0 Å². The molecular formula is C13H13NO2. The normalized spacial score (nSPS) is 25.8. The molecule has 1 atom stereocenters. The van der Waals surface area contributed by atoms with Crippen molar-refractivity contribution in [2.24, 2.45) is 5.41 Å². The molecule has 1 aromatic carbocycles. The van der Waals surface area contributed by atoms with E-state index < -0.39 is 11.4 Å². The van der Waals surface area contributed by atoms with Gasteiger partial charge in [0, 0.05) is 0 Å². The van der Waals surface area contributed by atoms with Gasteiger partial charge in [-0.25, -0.2) is 0 Å². The number of nitrogens with zero attached hydrogens (tertiary/aromatic N) is 1. The van der Waals surface area contributed by atoms with E-state index in [1.807, 2.05) is 19.9 Å². The molecule has 3 nitrogen and oxygen atoms in total. The fourth-order valence-corrected chi connectivity index (χ4v) is 2.45. The van der Waals surface area contributed by atoms with Crippen LogP contribution >= 0.6 is 0 Å². The Balaban J connectivity index is 2.52. The number of nitriles is 1. The Hall–Kier alpha value is -1.82. The first-order valence-electron chi connectivity index (χ1n) is 5.18. The van der Waals surface area contributed by atoms with Crippen molar-refractivity contribution in [3.8, 4) is 6.07 Å². The molecule has 0 aromatic heterocycles. The number of rotatable bonds is 2. The van der Waals surface area contributed by atoms with Gasteiger partial charge in [-0.15, -0.1) is 0 Å². The highest BCUT2D eigenvalue weighted by molar-refractivity contribution is 5.87. The van der Waals surface area contributed by atoms with Crippen LogP contribution in [0.25, 0.3) is 0 Å². The number of hydrogen-bond acceptors (Lipinski definition) is 2. The maximum Gasteiger partial charge on any atom is 0.314 e. The van der Waals surface area contributed by atoms with Crippen molar-refractivity contribution in [1.82, 2.24) is 0 Å². The summed E-state index contributed by atoms with van der Waals surface area (Å²) in [6, 6.07) is 8.95. The summed E-state index contributed by atoms with van der Waals surface area (Å²) in [6.07, 6.45) is 0.629. The molecule has 0 saturated heterocycles. The zero-order valence-corrected chi connectivity index (χ0v) is 9.32. The minimum Gasteiger partial charge on any atom is -0.481 e. The Bertz CT molecular complexity index is 499. The van der Waals surface area contributed by atoms with Crippen LogP contribution in [0.15, 0.2) is 24.3 Å². The topological polar surface area (TPSA) is 61.1 Å². The number of carboxylic acid groups (broad SMARTS) is 1. The van der Waals surface area contributed by atoms with E-state index in [0.717, 1.165) is 5.56 Å². The molecule has 16 heavy (non-hydrogen) atoms. The Morgan fingerprint density at radius 1 is 1.50 bits per heavy atom. The van der Waals surface area contributed by atoms with Gasteiger partial charge in [-0.3, -0.25) is 4.79 Å². The third-order valence-corrected chi connectivity index (χ3v) is 3.59.